The first kappa shape index (κ1) is 17.4. The molecule has 0 aliphatic carbocycles. The highest BCUT2D eigenvalue weighted by atomic mass is 32.1. The molecule has 3 heterocycles. The summed E-state index contributed by atoms with van der Waals surface area (Å²) < 4.78 is 1.86. The van der Waals surface area contributed by atoms with E-state index in [1.165, 1.54) is 22.2 Å². The zero-order valence-corrected chi connectivity index (χ0v) is 15.8. The van der Waals surface area contributed by atoms with Crippen molar-refractivity contribution < 1.29 is 4.79 Å². The van der Waals surface area contributed by atoms with Crippen molar-refractivity contribution in [3.05, 3.63) is 64.3 Å². The van der Waals surface area contributed by atoms with Crippen LogP contribution in [0.3, 0.4) is 0 Å². The lowest BCUT2D eigenvalue weighted by molar-refractivity contribution is -0.116. The number of pyridine rings is 1. The normalized spacial score (nSPS) is 11.2. The van der Waals surface area contributed by atoms with Crippen LogP contribution in [-0.4, -0.2) is 20.4 Å². The monoisotopic (exact) mass is 378 g/mol. The smallest absolute Gasteiger partial charge is 0.271 e. The molecule has 0 saturated heterocycles. The molecule has 0 unspecified atom stereocenters. The molecule has 7 heteroatoms. The number of carbonyl (C=O) groups excluding carboxylic acids is 1. The Morgan fingerprint density at radius 2 is 2.07 bits per heavy atom. The van der Waals surface area contributed by atoms with Crippen LogP contribution in [-0.2, 0) is 17.8 Å². The summed E-state index contributed by atoms with van der Waals surface area (Å²) in [6.07, 6.45) is 3.94. The summed E-state index contributed by atoms with van der Waals surface area (Å²) in [7, 11) is 0. The van der Waals surface area contributed by atoms with E-state index < -0.39 is 0 Å². The van der Waals surface area contributed by atoms with Gasteiger partial charge in [0.2, 0.25) is 5.91 Å². The molecule has 1 N–H and O–H groups in total. The second kappa shape index (κ2) is 6.92. The Bertz CT molecular complexity index is 1230. The number of hydrogen-bond donors (Lipinski definition) is 1. The predicted molar refractivity (Wildman–Crippen MR) is 108 cm³/mol. The van der Waals surface area contributed by atoms with E-state index in [1.54, 1.807) is 6.20 Å². The molecule has 136 valence electrons. The molecule has 6 nitrogen and oxygen atoms in total. The lowest BCUT2D eigenvalue weighted by Crippen LogP contribution is -2.28. The maximum absolute atomic E-state index is 12.8. The molecule has 27 heavy (non-hydrogen) atoms. The highest BCUT2D eigenvalue weighted by molar-refractivity contribution is 7.25. The molecule has 0 spiro atoms. The van der Waals surface area contributed by atoms with Gasteiger partial charge in [0.05, 0.1) is 11.8 Å². The van der Waals surface area contributed by atoms with E-state index in [0.717, 1.165) is 33.5 Å². The minimum absolute atomic E-state index is 0.0824. The molecule has 0 bridgehead atoms. The van der Waals surface area contributed by atoms with E-state index in [2.05, 4.69) is 15.3 Å². The highest BCUT2D eigenvalue weighted by Crippen LogP contribution is 2.28. The molecule has 0 radical (unpaired) electrons. The van der Waals surface area contributed by atoms with Gasteiger partial charge in [-0.25, -0.2) is 9.97 Å². The van der Waals surface area contributed by atoms with E-state index >= 15 is 0 Å². The fraction of sp³-hybridized carbons (Fsp3) is 0.200. The summed E-state index contributed by atoms with van der Waals surface area (Å²) >= 11 is 1.30. The van der Waals surface area contributed by atoms with Gasteiger partial charge >= 0.3 is 0 Å². The van der Waals surface area contributed by atoms with Gasteiger partial charge < -0.3 is 5.32 Å². The van der Waals surface area contributed by atoms with Crippen LogP contribution in [0.1, 0.15) is 18.1 Å². The SMILES string of the molecule is CCc1cccc(C)c1NC(=O)Cn1cnc2c(sc3ncccc32)c1=O. The Labute approximate surface area is 159 Å². The summed E-state index contributed by atoms with van der Waals surface area (Å²) in [6, 6.07) is 9.64. The number of anilines is 1. The summed E-state index contributed by atoms with van der Waals surface area (Å²) in [5.74, 6) is -0.249. The molecule has 0 aliphatic rings. The number of carbonyl (C=O) groups is 1. The summed E-state index contributed by atoms with van der Waals surface area (Å²) in [6.45, 7) is 3.92. The number of aromatic nitrogens is 3. The summed E-state index contributed by atoms with van der Waals surface area (Å²) in [5.41, 5.74) is 3.30. The van der Waals surface area contributed by atoms with Crippen molar-refractivity contribution in [3.63, 3.8) is 0 Å². The van der Waals surface area contributed by atoms with Gasteiger partial charge in [0.15, 0.2) is 0 Å². The fourth-order valence-electron chi connectivity index (χ4n) is 3.15. The molecule has 1 amide bonds. The number of amides is 1. The molecule has 3 aromatic heterocycles. The van der Waals surface area contributed by atoms with E-state index in [1.807, 2.05) is 44.2 Å². The Hall–Kier alpha value is -3.06. The van der Waals surface area contributed by atoms with Crippen molar-refractivity contribution in [1.29, 1.82) is 0 Å². The van der Waals surface area contributed by atoms with Crippen LogP contribution in [0.4, 0.5) is 5.69 Å². The van der Waals surface area contributed by atoms with Crippen LogP contribution in [0.25, 0.3) is 20.4 Å². The van der Waals surface area contributed by atoms with E-state index in [9.17, 15) is 9.59 Å². The average molecular weight is 378 g/mol. The average Bonchev–Trinajstić information content (AvgIpc) is 3.05. The van der Waals surface area contributed by atoms with E-state index in [4.69, 9.17) is 0 Å². The lowest BCUT2D eigenvalue weighted by atomic mass is 10.1. The quantitative estimate of drug-likeness (QED) is 0.589. The second-order valence-corrected chi connectivity index (χ2v) is 7.32. The van der Waals surface area contributed by atoms with Crippen molar-refractivity contribution in [2.75, 3.05) is 5.32 Å². The number of nitrogens with one attached hydrogen (secondary N) is 1. The molecular weight excluding hydrogens is 360 g/mol. The number of hydrogen-bond acceptors (Lipinski definition) is 5. The number of para-hydroxylation sites is 1. The lowest BCUT2D eigenvalue weighted by Gasteiger charge is -2.13. The molecule has 4 rings (SSSR count). The van der Waals surface area contributed by atoms with Crippen molar-refractivity contribution >= 4 is 43.4 Å². The van der Waals surface area contributed by atoms with Gasteiger partial charge in [0, 0.05) is 17.3 Å². The van der Waals surface area contributed by atoms with Gasteiger partial charge in [-0.3, -0.25) is 14.2 Å². The largest absolute Gasteiger partial charge is 0.324 e. The minimum atomic E-state index is -0.249. The van der Waals surface area contributed by atoms with Crippen molar-refractivity contribution in [3.8, 4) is 0 Å². The van der Waals surface area contributed by atoms with E-state index in [0.29, 0.717) is 10.2 Å². The third-order valence-electron chi connectivity index (χ3n) is 4.54. The zero-order chi connectivity index (χ0) is 19.0. The van der Waals surface area contributed by atoms with Gasteiger partial charge in [-0.1, -0.05) is 25.1 Å². The molecule has 0 saturated carbocycles. The third-order valence-corrected chi connectivity index (χ3v) is 5.63. The highest BCUT2D eigenvalue weighted by Gasteiger charge is 2.14. The topological polar surface area (TPSA) is 76.9 Å². The number of rotatable bonds is 4. The Morgan fingerprint density at radius 3 is 2.89 bits per heavy atom. The number of fused-ring (bicyclic) bond motifs is 3. The van der Waals surface area contributed by atoms with Crippen LogP contribution in [0.15, 0.2) is 47.7 Å². The summed E-state index contributed by atoms with van der Waals surface area (Å²) in [5, 5.41) is 3.80. The van der Waals surface area contributed by atoms with Gasteiger partial charge in [0.25, 0.3) is 5.56 Å². The Morgan fingerprint density at radius 1 is 1.22 bits per heavy atom. The molecule has 0 atom stereocenters. The third kappa shape index (κ3) is 3.10. The van der Waals surface area contributed by atoms with Crippen LogP contribution in [0, 0.1) is 6.92 Å². The van der Waals surface area contributed by atoms with Crippen LogP contribution in [0.2, 0.25) is 0 Å². The van der Waals surface area contributed by atoms with Crippen molar-refractivity contribution in [1.82, 2.24) is 14.5 Å². The minimum Gasteiger partial charge on any atom is -0.324 e. The van der Waals surface area contributed by atoms with Crippen LogP contribution >= 0.6 is 11.3 Å². The number of aryl methyl sites for hydroxylation is 2. The van der Waals surface area contributed by atoms with Crippen molar-refractivity contribution in [2.45, 2.75) is 26.8 Å². The molecule has 0 aliphatic heterocycles. The Kier molecular flexibility index (Phi) is 4.45. The molecule has 0 fully saturated rings. The number of thiophene rings is 1. The van der Waals surface area contributed by atoms with Gasteiger partial charge in [-0.15, -0.1) is 11.3 Å². The summed E-state index contributed by atoms with van der Waals surface area (Å²) in [4.78, 5) is 34.8. The van der Waals surface area contributed by atoms with Gasteiger partial charge in [-0.2, -0.15) is 0 Å². The number of benzene rings is 1. The molecular formula is C20H18N4O2S. The first-order valence-electron chi connectivity index (χ1n) is 8.69. The zero-order valence-electron chi connectivity index (χ0n) is 15.0. The van der Waals surface area contributed by atoms with E-state index in [-0.39, 0.29) is 18.0 Å². The number of nitrogens with zero attached hydrogens (tertiary/aromatic N) is 3. The van der Waals surface area contributed by atoms with Crippen LogP contribution in [0.5, 0.6) is 0 Å². The second-order valence-electron chi connectivity index (χ2n) is 6.32. The maximum atomic E-state index is 12.8. The van der Waals surface area contributed by atoms with Crippen molar-refractivity contribution in [2.24, 2.45) is 0 Å². The first-order valence-corrected chi connectivity index (χ1v) is 9.51. The Balaban J connectivity index is 1.66. The van der Waals surface area contributed by atoms with Gasteiger partial charge in [0.1, 0.15) is 16.1 Å². The predicted octanol–water partition coefficient (Wildman–Crippen LogP) is 3.52. The molecule has 4 aromatic rings. The standard InChI is InChI=1S/C20H18N4O2S/c1-3-13-7-4-6-12(2)16(13)23-15(25)10-24-11-22-17-14-8-5-9-21-19(14)27-18(17)20(24)26/h4-9,11H,3,10H2,1-2H3,(H,23,25). The maximum Gasteiger partial charge on any atom is 0.271 e. The fourth-order valence-corrected chi connectivity index (χ4v) is 4.20. The first-order chi connectivity index (χ1) is 13.1. The molecule has 1 aromatic carbocycles. The van der Waals surface area contributed by atoms with Gasteiger partial charge in [-0.05, 0) is 36.6 Å². The van der Waals surface area contributed by atoms with Crippen LogP contribution < -0.4 is 10.9 Å².